The van der Waals surface area contributed by atoms with Crippen molar-refractivity contribution in [2.45, 2.75) is 84.3 Å². The van der Waals surface area contributed by atoms with Gasteiger partial charge in [0.25, 0.3) is 0 Å². The number of rotatable bonds is 3. The second-order valence-electron chi connectivity index (χ2n) is 8.21. The Morgan fingerprint density at radius 2 is 1.47 bits per heavy atom. The summed E-state index contributed by atoms with van der Waals surface area (Å²) in [6, 6.07) is 0. The molecule has 2 unspecified atom stereocenters. The average Bonchev–Trinajstić information content (AvgIpc) is 2.31. The van der Waals surface area contributed by atoms with E-state index in [0.29, 0.717) is 18.1 Å². The van der Waals surface area contributed by atoms with Crippen molar-refractivity contribution in [3.8, 4) is 0 Å². The van der Waals surface area contributed by atoms with Gasteiger partial charge in [0, 0.05) is 6.54 Å². The van der Waals surface area contributed by atoms with Crippen molar-refractivity contribution in [1.82, 2.24) is 0 Å². The Morgan fingerprint density at radius 1 is 0.947 bits per heavy atom. The molecule has 0 radical (unpaired) electrons. The Kier molecular flexibility index (Phi) is 4.62. The van der Waals surface area contributed by atoms with E-state index in [1.807, 2.05) is 0 Å². The van der Waals surface area contributed by atoms with E-state index in [0.717, 1.165) is 24.7 Å². The first-order chi connectivity index (χ1) is 8.84. The lowest BCUT2D eigenvalue weighted by Gasteiger charge is -2.46. The fraction of sp³-hybridized carbons (Fsp3) is 1.00. The van der Waals surface area contributed by atoms with Crippen LogP contribution in [0.25, 0.3) is 0 Å². The molecule has 19 heavy (non-hydrogen) atoms. The van der Waals surface area contributed by atoms with Crippen molar-refractivity contribution in [2.75, 3.05) is 6.54 Å². The van der Waals surface area contributed by atoms with Crippen LogP contribution in [0.3, 0.4) is 0 Å². The van der Waals surface area contributed by atoms with Crippen LogP contribution in [0.2, 0.25) is 0 Å². The molecule has 0 heterocycles. The molecule has 0 bridgehead atoms. The van der Waals surface area contributed by atoms with Crippen molar-refractivity contribution in [3.63, 3.8) is 0 Å². The standard InChI is InChI=1S/C17H33NO/c1-13-9-14(2)11-15(10-13)19-17(12-18)7-5-16(3,4)6-8-17/h13-15H,5-12,18H2,1-4H3. The van der Waals surface area contributed by atoms with Crippen LogP contribution in [0.4, 0.5) is 0 Å². The molecule has 0 aromatic heterocycles. The molecule has 112 valence electrons. The van der Waals surface area contributed by atoms with Gasteiger partial charge in [0.15, 0.2) is 0 Å². The zero-order valence-electron chi connectivity index (χ0n) is 13.4. The van der Waals surface area contributed by atoms with Crippen LogP contribution in [0.5, 0.6) is 0 Å². The van der Waals surface area contributed by atoms with Gasteiger partial charge in [0.1, 0.15) is 0 Å². The van der Waals surface area contributed by atoms with Gasteiger partial charge in [0.2, 0.25) is 0 Å². The smallest absolute Gasteiger partial charge is 0.0808 e. The second-order valence-corrected chi connectivity index (χ2v) is 8.21. The molecule has 0 spiro atoms. The van der Waals surface area contributed by atoms with E-state index in [2.05, 4.69) is 27.7 Å². The highest BCUT2D eigenvalue weighted by Gasteiger charge is 2.40. The average molecular weight is 267 g/mol. The lowest BCUT2D eigenvalue weighted by molar-refractivity contribution is -0.139. The summed E-state index contributed by atoms with van der Waals surface area (Å²) in [6.07, 6.45) is 9.08. The van der Waals surface area contributed by atoms with Gasteiger partial charge in [-0.2, -0.15) is 0 Å². The highest BCUT2D eigenvalue weighted by Crippen LogP contribution is 2.43. The van der Waals surface area contributed by atoms with Crippen LogP contribution >= 0.6 is 0 Å². The largest absolute Gasteiger partial charge is 0.370 e. The van der Waals surface area contributed by atoms with Gasteiger partial charge >= 0.3 is 0 Å². The van der Waals surface area contributed by atoms with Crippen LogP contribution in [0, 0.1) is 17.3 Å². The SMILES string of the molecule is CC1CC(C)CC(OC2(CN)CCC(C)(C)CC2)C1. The molecule has 0 aromatic carbocycles. The third-order valence-electron chi connectivity index (χ3n) is 5.44. The molecular formula is C17H33NO. The van der Waals surface area contributed by atoms with Crippen molar-refractivity contribution >= 4 is 0 Å². The first-order valence-corrected chi connectivity index (χ1v) is 8.22. The molecule has 2 heteroatoms. The van der Waals surface area contributed by atoms with E-state index < -0.39 is 0 Å². The van der Waals surface area contributed by atoms with Crippen molar-refractivity contribution in [2.24, 2.45) is 23.0 Å². The molecule has 0 aromatic rings. The Bertz CT molecular complexity index is 280. The predicted molar refractivity (Wildman–Crippen MR) is 81.1 cm³/mol. The number of ether oxygens (including phenoxy) is 1. The quantitative estimate of drug-likeness (QED) is 0.834. The molecule has 0 aliphatic heterocycles. The minimum absolute atomic E-state index is 0.0169. The van der Waals surface area contributed by atoms with Crippen LogP contribution in [0.15, 0.2) is 0 Å². The molecule has 2 aliphatic carbocycles. The molecule has 2 rings (SSSR count). The summed E-state index contributed by atoms with van der Waals surface area (Å²) in [6.45, 7) is 10.2. The van der Waals surface area contributed by atoms with E-state index in [1.54, 1.807) is 0 Å². The third kappa shape index (κ3) is 3.95. The summed E-state index contributed by atoms with van der Waals surface area (Å²) >= 11 is 0. The number of nitrogens with two attached hydrogens (primary N) is 1. The fourth-order valence-electron chi connectivity index (χ4n) is 4.08. The third-order valence-corrected chi connectivity index (χ3v) is 5.44. The van der Waals surface area contributed by atoms with Gasteiger partial charge in [-0.15, -0.1) is 0 Å². The summed E-state index contributed by atoms with van der Waals surface area (Å²) in [5.74, 6) is 1.62. The number of hydrogen-bond donors (Lipinski definition) is 1. The highest BCUT2D eigenvalue weighted by molar-refractivity contribution is 4.93. The zero-order chi connectivity index (χ0) is 14.1. The molecule has 2 aliphatic rings. The van der Waals surface area contributed by atoms with Gasteiger partial charge in [-0.25, -0.2) is 0 Å². The molecular weight excluding hydrogens is 234 g/mol. The lowest BCUT2D eigenvalue weighted by atomic mass is 9.70. The predicted octanol–water partition coefficient (Wildman–Crippen LogP) is 4.13. The Labute approximate surface area is 119 Å². The normalized spacial score (nSPS) is 38.1. The molecule has 2 fully saturated rings. The lowest BCUT2D eigenvalue weighted by Crippen LogP contribution is -2.48. The van der Waals surface area contributed by atoms with Crippen LogP contribution in [-0.2, 0) is 4.74 Å². The van der Waals surface area contributed by atoms with Gasteiger partial charge in [-0.1, -0.05) is 27.7 Å². The summed E-state index contributed by atoms with van der Waals surface area (Å²) < 4.78 is 6.58. The van der Waals surface area contributed by atoms with Crippen LogP contribution in [-0.4, -0.2) is 18.2 Å². The Hall–Kier alpha value is -0.0800. The number of hydrogen-bond acceptors (Lipinski definition) is 2. The van der Waals surface area contributed by atoms with Crippen LogP contribution in [0.1, 0.15) is 72.6 Å². The van der Waals surface area contributed by atoms with Crippen molar-refractivity contribution in [3.05, 3.63) is 0 Å². The van der Waals surface area contributed by atoms with Gasteiger partial charge < -0.3 is 10.5 Å². The molecule has 0 saturated heterocycles. The maximum absolute atomic E-state index is 6.58. The van der Waals surface area contributed by atoms with Gasteiger partial charge in [0.05, 0.1) is 11.7 Å². The molecule has 2 nitrogen and oxygen atoms in total. The first-order valence-electron chi connectivity index (χ1n) is 8.22. The zero-order valence-corrected chi connectivity index (χ0v) is 13.4. The summed E-state index contributed by atoms with van der Waals surface area (Å²) in [4.78, 5) is 0. The minimum atomic E-state index is -0.0169. The molecule has 2 N–H and O–H groups in total. The van der Waals surface area contributed by atoms with Crippen molar-refractivity contribution < 1.29 is 4.74 Å². The first kappa shape index (κ1) is 15.3. The maximum Gasteiger partial charge on any atom is 0.0808 e. The van der Waals surface area contributed by atoms with E-state index in [-0.39, 0.29) is 5.60 Å². The summed E-state index contributed by atoms with van der Waals surface area (Å²) in [5, 5.41) is 0. The van der Waals surface area contributed by atoms with E-state index in [9.17, 15) is 0 Å². The van der Waals surface area contributed by atoms with Gasteiger partial charge in [-0.3, -0.25) is 0 Å². The maximum atomic E-state index is 6.58. The van der Waals surface area contributed by atoms with E-state index in [4.69, 9.17) is 10.5 Å². The highest BCUT2D eigenvalue weighted by atomic mass is 16.5. The monoisotopic (exact) mass is 267 g/mol. The topological polar surface area (TPSA) is 35.2 Å². The Balaban J connectivity index is 1.95. The van der Waals surface area contributed by atoms with Crippen LogP contribution < -0.4 is 5.73 Å². The molecule has 2 saturated carbocycles. The van der Waals surface area contributed by atoms with Crippen molar-refractivity contribution in [1.29, 1.82) is 0 Å². The minimum Gasteiger partial charge on any atom is -0.370 e. The van der Waals surface area contributed by atoms with E-state index >= 15 is 0 Å². The fourth-order valence-corrected chi connectivity index (χ4v) is 4.08. The molecule has 0 amide bonds. The summed E-state index contributed by atoms with van der Waals surface area (Å²) in [5.41, 5.74) is 6.55. The van der Waals surface area contributed by atoms with Gasteiger partial charge in [-0.05, 0) is 62.2 Å². The molecule has 2 atom stereocenters. The van der Waals surface area contributed by atoms with E-state index in [1.165, 1.54) is 32.1 Å². The summed E-state index contributed by atoms with van der Waals surface area (Å²) in [7, 11) is 0. The second kappa shape index (κ2) is 5.73. The Morgan fingerprint density at radius 3 is 1.95 bits per heavy atom.